The molecule has 0 aromatic heterocycles. The summed E-state index contributed by atoms with van der Waals surface area (Å²) < 4.78 is 39.9. The topological polar surface area (TPSA) is 81.7 Å². The Kier molecular flexibility index (Phi) is 9.08. The van der Waals surface area contributed by atoms with Gasteiger partial charge in [-0.15, -0.1) is 0 Å². The van der Waals surface area contributed by atoms with Gasteiger partial charge in [0.05, 0.1) is 40.1 Å². The fourth-order valence-electron chi connectivity index (χ4n) is 4.29. The van der Waals surface area contributed by atoms with E-state index in [1.807, 2.05) is 0 Å². The average Bonchev–Trinajstić information content (AvgIpc) is 2.93. The minimum atomic E-state index is -0.381. The Morgan fingerprint density at radius 3 is 2.08 bits per heavy atom. The third kappa shape index (κ3) is 6.30. The van der Waals surface area contributed by atoms with Crippen LogP contribution >= 0.6 is 0 Å². The zero-order valence-electron chi connectivity index (χ0n) is 21.1. The van der Waals surface area contributed by atoms with Gasteiger partial charge in [-0.05, 0) is 68.2 Å². The van der Waals surface area contributed by atoms with E-state index in [1.54, 1.807) is 50.6 Å². The second-order valence-corrected chi connectivity index (χ2v) is 8.61. The third-order valence-corrected chi connectivity index (χ3v) is 6.17. The molecule has 2 aliphatic heterocycles. The predicted octanol–water partition coefficient (Wildman–Crippen LogP) is 5.42. The molecule has 0 spiro atoms. The maximum absolute atomic E-state index is 13.4. The van der Waals surface area contributed by atoms with Crippen molar-refractivity contribution in [1.29, 1.82) is 0 Å². The molecule has 0 N–H and O–H groups in total. The van der Waals surface area contributed by atoms with Crippen LogP contribution in [0.2, 0.25) is 0 Å². The molecule has 8 heteroatoms. The van der Waals surface area contributed by atoms with Gasteiger partial charge in [-0.1, -0.05) is 0 Å². The highest BCUT2D eigenvalue weighted by atomic mass is 16.7. The first-order chi connectivity index (χ1) is 17.6. The molecule has 0 saturated carbocycles. The molecule has 2 aromatic rings. The molecule has 8 nitrogen and oxygen atoms in total. The molecule has 194 valence electrons. The van der Waals surface area contributed by atoms with Crippen molar-refractivity contribution in [3.63, 3.8) is 0 Å². The summed E-state index contributed by atoms with van der Waals surface area (Å²) in [5, 5.41) is 0. The Bertz CT molecular complexity index is 1050. The number of carbonyl (C=O) groups is 1. The van der Waals surface area contributed by atoms with Gasteiger partial charge >= 0.3 is 0 Å². The minimum absolute atomic E-state index is 0.243. The van der Waals surface area contributed by atoms with Crippen LogP contribution in [0.4, 0.5) is 0 Å². The van der Waals surface area contributed by atoms with Crippen molar-refractivity contribution in [2.45, 2.75) is 51.1 Å². The molecule has 2 fully saturated rings. The summed E-state index contributed by atoms with van der Waals surface area (Å²) in [7, 11) is 4.64. The van der Waals surface area contributed by atoms with Crippen LogP contribution < -0.4 is 23.7 Å². The van der Waals surface area contributed by atoms with Gasteiger partial charge in [0.25, 0.3) is 0 Å². The molecular formula is C28H34O8. The van der Waals surface area contributed by atoms with Crippen molar-refractivity contribution >= 4 is 11.9 Å². The summed E-state index contributed by atoms with van der Waals surface area (Å²) in [6, 6.07) is 8.83. The van der Waals surface area contributed by atoms with Gasteiger partial charge in [-0.25, -0.2) is 0 Å². The van der Waals surface area contributed by atoms with Crippen LogP contribution in [0, 0.1) is 0 Å². The van der Waals surface area contributed by atoms with Gasteiger partial charge in [-0.2, -0.15) is 0 Å². The van der Waals surface area contributed by atoms with Gasteiger partial charge in [0.15, 0.2) is 29.9 Å². The highest BCUT2D eigenvalue weighted by Gasteiger charge is 2.22. The summed E-state index contributed by atoms with van der Waals surface area (Å²) in [5.41, 5.74) is 1.05. The number of hydrogen-bond acceptors (Lipinski definition) is 8. The first-order valence-corrected chi connectivity index (χ1v) is 12.3. The molecule has 2 atom stereocenters. The molecule has 0 amide bonds. The summed E-state index contributed by atoms with van der Waals surface area (Å²) in [6.45, 7) is 1.32. The van der Waals surface area contributed by atoms with Crippen molar-refractivity contribution in [2.75, 3.05) is 34.5 Å². The molecule has 0 radical (unpaired) electrons. The van der Waals surface area contributed by atoms with Gasteiger partial charge < -0.3 is 33.2 Å². The van der Waals surface area contributed by atoms with E-state index in [1.165, 1.54) is 13.2 Å². The zero-order valence-corrected chi connectivity index (χ0v) is 21.1. The summed E-state index contributed by atoms with van der Waals surface area (Å²) in [5.74, 6) is 2.23. The first kappa shape index (κ1) is 25.9. The Hall–Kier alpha value is -3.23. The molecule has 0 bridgehead atoms. The molecule has 2 saturated heterocycles. The lowest BCUT2D eigenvalue weighted by atomic mass is 10.1. The van der Waals surface area contributed by atoms with Crippen LogP contribution in [0.1, 0.15) is 54.4 Å². The molecule has 0 aliphatic carbocycles. The van der Waals surface area contributed by atoms with Gasteiger partial charge in [0, 0.05) is 18.4 Å². The highest BCUT2D eigenvalue weighted by molar-refractivity contribution is 6.09. The van der Waals surface area contributed by atoms with Crippen molar-refractivity contribution in [1.82, 2.24) is 0 Å². The SMILES string of the molecule is COc1ccc(/C=C/C(=O)c2cc(OC3CCCCO3)ccc2OC2CCCCO2)c(OC)c1OC. The molecule has 2 aliphatic rings. The van der Waals surface area contributed by atoms with Crippen molar-refractivity contribution in [3.8, 4) is 28.7 Å². The Morgan fingerprint density at radius 2 is 1.47 bits per heavy atom. The molecule has 4 rings (SSSR count). The smallest absolute Gasteiger partial charge is 0.203 e. The van der Waals surface area contributed by atoms with Gasteiger partial charge in [0.2, 0.25) is 5.75 Å². The highest BCUT2D eigenvalue weighted by Crippen LogP contribution is 2.40. The zero-order chi connectivity index (χ0) is 25.3. The minimum Gasteiger partial charge on any atom is -0.493 e. The normalized spacial score (nSPS) is 20.1. The molecule has 36 heavy (non-hydrogen) atoms. The summed E-state index contributed by atoms with van der Waals surface area (Å²) in [6.07, 6.45) is 8.17. The van der Waals surface area contributed by atoms with Crippen LogP contribution in [0.25, 0.3) is 6.08 Å². The van der Waals surface area contributed by atoms with Gasteiger partial charge in [0.1, 0.15) is 11.5 Å². The maximum Gasteiger partial charge on any atom is 0.203 e. The number of benzene rings is 2. The van der Waals surface area contributed by atoms with Crippen molar-refractivity contribution in [3.05, 3.63) is 47.5 Å². The monoisotopic (exact) mass is 498 g/mol. The lowest BCUT2D eigenvalue weighted by molar-refractivity contribution is -0.107. The van der Waals surface area contributed by atoms with Crippen LogP contribution in [0.5, 0.6) is 28.7 Å². The standard InChI is InChI=1S/C28H34O8/c1-30-24-14-11-19(27(31-2)28(24)32-3)10-13-22(29)21-18-20(35-25-8-4-6-16-33-25)12-15-23(21)36-26-9-5-7-17-34-26/h10-15,18,25-26H,4-9,16-17H2,1-3H3/b13-10+. The van der Waals surface area contributed by atoms with E-state index in [9.17, 15) is 4.79 Å². The van der Waals surface area contributed by atoms with E-state index in [0.717, 1.165) is 38.5 Å². The number of hydrogen-bond donors (Lipinski definition) is 0. The number of ether oxygens (including phenoxy) is 7. The Morgan fingerprint density at radius 1 is 0.806 bits per heavy atom. The van der Waals surface area contributed by atoms with E-state index >= 15 is 0 Å². The fraction of sp³-hybridized carbons (Fsp3) is 0.464. The summed E-state index contributed by atoms with van der Waals surface area (Å²) >= 11 is 0. The van der Waals surface area contributed by atoms with Crippen LogP contribution in [0.3, 0.4) is 0 Å². The molecule has 2 aromatic carbocycles. The number of ketones is 1. The lowest BCUT2D eigenvalue weighted by Gasteiger charge is -2.25. The number of methoxy groups -OCH3 is 3. The second-order valence-electron chi connectivity index (χ2n) is 8.61. The van der Waals surface area contributed by atoms with E-state index in [4.69, 9.17) is 33.2 Å². The van der Waals surface area contributed by atoms with Crippen LogP contribution in [-0.4, -0.2) is 52.9 Å². The lowest BCUT2D eigenvalue weighted by Crippen LogP contribution is -2.26. The summed E-state index contributed by atoms with van der Waals surface area (Å²) in [4.78, 5) is 13.4. The van der Waals surface area contributed by atoms with E-state index in [2.05, 4.69) is 0 Å². The fourth-order valence-corrected chi connectivity index (χ4v) is 4.29. The predicted molar refractivity (Wildman–Crippen MR) is 134 cm³/mol. The van der Waals surface area contributed by atoms with Crippen LogP contribution in [-0.2, 0) is 9.47 Å². The van der Waals surface area contributed by atoms with Gasteiger partial charge in [-0.3, -0.25) is 4.79 Å². The molecular weight excluding hydrogens is 464 g/mol. The van der Waals surface area contributed by atoms with E-state index in [-0.39, 0.29) is 18.4 Å². The number of rotatable bonds is 10. The second kappa shape index (κ2) is 12.6. The van der Waals surface area contributed by atoms with Crippen LogP contribution in [0.15, 0.2) is 36.4 Å². The Labute approximate surface area is 212 Å². The first-order valence-electron chi connectivity index (χ1n) is 12.3. The maximum atomic E-state index is 13.4. The number of allylic oxidation sites excluding steroid dienone is 1. The molecule has 2 heterocycles. The van der Waals surface area contributed by atoms with Crippen molar-refractivity contribution in [2.24, 2.45) is 0 Å². The number of carbonyl (C=O) groups excluding carboxylic acids is 1. The van der Waals surface area contributed by atoms with E-state index < -0.39 is 0 Å². The third-order valence-electron chi connectivity index (χ3n) is 6.17. The van der Waals surface area contributed by atoms with E-state index in [0.29, 0.717) is 53.1 Å². The average molecular weight is 499 g/mol. The molecule has 2 unspecified atom stereocenters. The largest absolute Gasteiger partial charge is 0.493 e. The quantitative estimate of drug-likeness (QED) is 0.317. The Balaban J connectivity index is 1.61. The van der Waals surface area contributed by atoms with Crippen molar-refractivity contribution < 1.29 is 38.0 Å².